The van der Waals surface area contributed by atoms with E-state index in [0.717, 1.165) is 16.1 Å². The molecule has 0 saturated heterocycles. The zero-order valence-corrected chi connectivity index (χ0v) is 15.2. The van der Waals surface area contributed by atoms with Gasteiger partial charge in [-0.15, -0.1) is 0 Å². The summed E-state index contributed by atoms with van der Waals surface area (Å²) in [4.78, 5) is 8.94. The highest BCUT2D eigenvalue weighted by Crippen LogP contribution is 2.42. The van der Waals surface area contributed by atoms with Crippen molar-refractivity contribution in [3.8, 4) is 0 Å². The van der Waals surface area contributed by atoms with E-state index in [0.29, 0.717) is 6.41 Å². The first kappa shape index (κ1) is 18.2. The number of rotatable bonds is 5. The predicted molar refractivity (Wildman–Crippen MR) is 104 cm³/mol. The Balaban J connectivity index is 0.000000471. The number of carbonyl (C=O) groups is 1. The number of nitrogens with two attached hydrogens (primary N) is 1. The van der Waals surface area contributed by atoms with Crippen molar-refractivity contribution in [2.45, 2.75) is 18.8 Å². The Morgan fingerprint density at radius 1 is 1.12 bits per heavy atom. The van der Waals surface area contributed by atoms with Gasteiger partial charge in [-0.1, -0.05) is 58.4 Å². The fourth-order valence-corrected chi connectivity index (χ4v) is 3.02. The Bertz CT molecular complexity index is 712. The third kappa shape index (κ3) is 4.94. The van der Waals surface area contributed by atoms with Crippen molar-refractivity contribution >= 4 is 40.2 Å². The molecule has 0 radical (unpaired) electrons. The maximum absolute atomic E-state index is 8.94. The Labute approximate surface area is 151 Å². The highest BCUT2D eigenvalue weighted by atomic mass is 79.9. The zero-order chi connectivity index (χ0) is 17.4. The van der Waals surface area contributed by atoms with E-state index in [4.69, 9.17) is 4.79 Å². The van der Waals surface area contributed by atoms with Crippen molar-refractivity contribution in [1.82, 2.24) is 5.43 Å². The van der Waals surface area contributed by atoms with E-state index in [2.05, 4.69) is 75.6 Å². The fraction of sp³-hybridized carbons (Fsp3) is 0.211. The molecule has 1 amide bonds. The first-order chi connectivity index (χ1) is 11.7. The number of hydrazine groups is 1. The summed E-state index contributed by atoms with van der Waals surface area (Å²) >= 11 is 3.63. The van der Waals surface area contributed by atoms with E-state index in [1.165, 1.54) is 29.5 Å². The SMILES string of the molecule is CNc1cccc(Br)c1/C=C/c1ccccc1C1CC1.NNC=O. The maximum Gasteiger partial charge on any atom is 0.221 e. The number of benzene rings is 2. The number of anilines is 1. The lowest BCUT2D eigenvalue weighted by molar-refractivity contribution is -0.109. The van der Waals surface area contributed by atoms with E-state index >= 15 is 0 Å². The number of nitrogens with one attached hydrogen (secondary N) is 2. The highest BCUT2D eigenvalue weighted by molar-refractivity contribution is 9.10. The van der Waals surface area contributed by atoms with Crippen molar-refractivity contribution in [3.63, 3.8) is 0 Å². The molecule has 126 valence electrons. The Morgan fingerprint density at radius 3 is 2.46 bits per heavy atom. The van der Waals surface area contributed by atoms with Crippen molar-refractivity contribution in [2.24, 2.45) is 5.84 Å². The molecular weight excluding hydrogens is 366 g/mol. The second-order valence-corrected chi connectivity index (χ2v) is 6.33. The van der Waals surface area contributed by atoms with Gasteiger partial charge in [-0.2, -0.15) is 0 Å². The second-order valence-electron chi connectivity index (χ2n) is 5.47. The van der Waals surface area contributed by atoms with Crippen LogP contribution in [-0.4, -0.2) is 13.5 Å². The normalized spacial score (nSPS) is 13.1. The lowest BCUT2D eigenvalue weighted by Crippen LogP contribution is -2.18. The molecule has 1 aliphatic carbocycles. The third-order valence-corrected chi connectivity index (χ3v) is 4.52. The van der Waals surface area contributed by atoms with Crippen molar-refractivity contribution in [3.05, 3.63) is 63.6 Å². The van der Waals surface area contributed by atoms with Gasteiger partial charge >= 0.3 is 0 Å². The largest absolute Gasteiger partial charge is 0.388 e. The summed E-state index contributed by atoms with van der Waals surface area (Å²) in [6.07, 6.45) is 7.50. The molecular formula is C19H22BrN3O. The molecule has 0 unspecified atom stereocenters. The van der Waals surface area contributed by atoms with Gasteiger partial charge in [0.15, 0.2) is 0 Å². The van der Waals surface area contributed by atoms with Gasteiger partial charge in [0.1, 0.15) is 0 Å². The molecule has 2 aromatic rings. The van der Waals surface area contributed by atoms with Crippen LogP contribution in [0.3, 0.4) is 0 Å². The number of carbonyl (C=O) groups excluding carboxylic acids is 1. The van der Waals surface area contributed by atoms with Crippen LogP contribution in [0.15, 0.2) is 46.9 Å². The smallest absolute Gasteiger partial charge is 0.221 e. The summed E-state index contributed by atoms with van der Waals surface area (Å²) in [6.45, 7) is 0. The van der Waals surface area contributed by atoms with Gasteiger partial charge in [-0.3, -0.25) is 10.2 Å². The van der Waals surface area contributed by atoms with Crippen LogP contribution in [0.25, 0.3) is 12.2 Å². The van der Waals surface area contributed by atoms with E-state index in [-0.39, 0.29) is 0 Å². The quantitative estimate of drug-likeness (QED) is 0.237. The number of hydrogen-bond acceptors (Lipinski definition) is 3. The number of hydrogen-bond donors (Lipinski definition) is 3. The minimum Gasteiger partial charge on any atom is -0.388 e. The molecule has 1 aliphatic rings. The lowest BCUT2D eigenvalue weighted by Gasteiger charge is -2.08. The minimum absolute atomic E-state index is 0.403. The van der Waals surface area contributed by atoms with Crippen LogP contribution < -0.4 is 16.6 Å². The molecule has 0 aliphatic heterocycles. The third-order valence-electron chi connectivity index (χ3n) is 3.83. The van der Waals surface area contributed by atoms with Crippen LogP contribution in [0.4, 0.5) is 5.69 Å². The summed E-state index contributed by atoms with van der Waals surface area (Å²) in [5.74, 6) is 5.19. The molecule has 0 atom stereocenters. The first-order valence-corrected chi connectivity index (χ1v) is 8.63. The van der Waals surface area contributed by atoms with Gasteiger partial charge in [-0.25, -0.2) is 5.84 Å². The van der Waals surface area contributed by atoms with Gasteiger partial charge in [0.2, 0.25) is 6.41 Å². The van der Waals surface area contributed by atoms with Gasteiger partial charge in [0.05, 0.1) is 0 Å². The Morgan fingerprint density at radius 2 is 1.83 bits per heavy atom. The van der Waals surface area contributed by atoms with Gasteiger partial charge in [-0.05, 0) is 42.0 Å². The summed E-state index contributed by atoms with van der Waals surface area (Å²) in [6, 6.07) is 14.9. The fourth-order valence-electron chi connectivity index (χ4n) is 2.53. The van der Waals surface area contributed by atoms with Gasteiger partial charge in [0, 0.05) is 22.8 Å². The van der Waals surface area contributed by atoms with Crippen LogP contribution in [0, 0.1) is 0 Å². The van der Waals surface area contributed by atoms with Crippen LogP contribution in [-0.2, 0) is 4.79 Å². The van der Waals surface area contributed by atoms with E-state index in [1.807, 2.05) is 13.1 Å². The second kappa shape index (κ2) is 9.25. The molecule has 4 N–H and O–H groups in total. The Hall–Kier alpha value is -2.11. The average Bonchev–Trinajstić information content (AvgIpc) is 3.46. The van der Waals surface area contributed by atoms with Crippen molar-refractivity contribution in [2.75, 3.05) is 12.4 Å². The molecule has 24 heavy (non-hydrogen) atoms. The molecule has 0 bridgehead atoms. The lowest BCUT2D eigenvalue weighted by atomic mass is 10.0. The van der Waals surface area contributed by atoms with E-state index in [9.17, 15) is 0 Å². The summed E-state index contributed by atoms with van der Waals surface area (Å²) in [5, 5.41) is 3.24. The standard InChI is InChI=1S/C18H18BrN.CH4N2O/c1-20-18-8-4-7-17(19)16(18)12-11-13-5-2-3-6-15(13)14-9-10-14;2-3-1-4/h2-8,11-12,14,20H,9-10H2,1H3;1H,2H2,(H,3,4)/b12-11+;. The van der Waals surface area contributed by atoms with E-state index in [1.54, 1.807) is 5.43 Å². The van der Waals surface area contributed by atoms with Crippen LogP contribution in [0.1, 0.15) is 35.4 Å². The zero-order valence-electron chi connectivity index (χ0n) is 13.6. The molecule has 4 nitrogen and oxygen atoms in total. The van der Waals surface area contributed by atoms with Crippen LogP contribution in [0.5, 0.6) is 0 Å². The van der Waals surface area contributed by atoms with Crippen LogP contribution in [0.2, 0.25) is 0 Å². The van der Waals surface area contributed by atoms with Gasteiger partial charge in [0.25, 0.3) is 0 Å². The molecule has 0 spiro atoms. The van der Waals surface area contributed by atoms with Crippen molar-refractivity contribution in [1.29, 1.82) is 0 Å². The summed E-state index contributed by atoms with van der Waals surface area (Å²) in [5.41, 5.74) is 6.91. The molecule has 1 saturated carbocycles. The molecule has 0 aromatic heterocycles. The van der Waals surface area contributed by atoms with Crippen molar-refractivity contribution < 1.29 is 4.79 Å². The summed E-state index contributed by atoms with van der Waals surface area (Å²) in [7, 11) is 1.96. The highest BCUT2D eigenvalue weighted by Gasteiger charge is 2.24. The van der Waals surface area contributed by atoms with Crippen LogP contribution >= 0.6 is 15.9 Å². The molecule has 0 heterocycles. The first-order valence-electron chi connectivity index (χ1n) is 7.84. The minimum atomic E-state index is 0.403. The average molecular weight is 388 g/mol. The molecule has 5 heteroatoms. The Kier molecular flexibility index (Phi) is 7.03. The monoisotopic (exact) mass is 387 g/mol. The van der Waals surface area contributed by atoms with E-state index < -0.39 is 0 Å². The number of halogens is 1. The maximum atomic E-state index is 8.94. The molecule has 1 fully saturated rings. The predicted octanol–water partition coefficient (Wildman–Crippen LogP) is 4.14. The summed E-state index contributed by atoms with van der Waals surface area (Å²) < 4.78 is 1.12. The molecule has 3 rings (SSSR count). The topological polar surface area (TPSA) is 67.2 Å². The number of amides is 1. The molecule has 2 aromatic carbocycles. The van der Waals surface area contributed by atoms with Gasteiger partial charge < -0.3 is 5.32 Å².